The molecule has 1 aromatic rings. The first kappa shape index (κ1) is 23.6. The molecule has 0 spiro atoms. The zero-order valence-corrected chi connectivity index (χ0v) is 18.0. The maximum Gasteiger partial charge on any atom is 0.417 e. The Morgan fingerprint density at radius 1 is 1.19 bits per heavy atom. The number of allylic oxidation sites excluding steroid dienone is 1. The summed E-state index contributed by atoms with van der Waals surface area (Å²) in [5, 5.41) is 8.73. The van der Waals surface area contributed by atoms with Crippen LogP contribution in [0.1, 0.15) is 25.0 Å². The van der Waals surface area contributed by atoms with Gasteiger partial charge in [-0.05, 0) is 37.1 Å². The number of rotatable bonds is 9. The Balaban J connectivity index is 1.72. The molecule has 2 aliphatic heterocycles. The van der Waals surface area contributed by atoms with E-state index in [1.807, 2.05) is 30.3 Å². The van der Waals surface area contributed by atoms with Gasteiger partial charge in [-0.3, -0.25) is 9.59 Å². The molecule has 9 nitrogen and oxygen atoms in total. The third-order valence-electron chi connectivity index (χ3n) is 5.21. The highest BCUT2D eigenvalue weighted by Gasteiger charge is 2.48. The van der Waals surface area contributed by atoms with Crippen LogP contribution >= 0.6 is 0 Å². The standard InChI is InChI=1S/C23H27NO8/c1-15-19(16-7-4-3-5-8-16)32-23(28)24(15)22(27)21(29-2)20-18(26)11-10-17(31-20)9-6-13-30-14-12-25/h3-5,7-11,15,19-21,25H,6,12-14H2,1-2H3. The second kappa shape index (κ2) is 11.0. The van der Waals surface area contributed by atoms with Crippen LogP contribution in [0.25, 0.3) is 0 Å². The van der Waals surface area contributed by atoms with Crippen molar-refractivity contribution >= 4 is 17.8 Å². The van der Waals surface area contributed by atoms with E-state index in [0.29, 0.717) is 18.8 Å². The van der Waals surface area contributed by atoms with Gasteiger partial charge in [0.1, 0.15) is 11.9 Å². The Hall–Kier alpha value is -3.01. The predicted molar refractivity (Wildman–Crippen MR) is 112 cm³/mol. The molecule has 2 heterocycles. The van der Waals surface area contributed by atoms with Crippen LogP contribution in [0.15, 0.2) is 54.3 Å². The van der Waals surface area contributed by atoms with E-state index in [0.717, 1.165) is 10.5 Å². The maximum atomic E-state index is 13.2. The largest absolute Gasteiger partial charge is 0.479 e. The molecule has 32 heavy (non-hydrogen) atoms. The summed E-state index contributed by atoms with van der Waals surface area (Å²) in [6.07, 6.45) is 1.02. The molecule has 0 radical (unpaired) electrons. The first-order valence-electron chi connectivity index (χ1n) is 10.4. The van der Waals surface area contributed by atoms with E-state index in [-0.39, 0.29) is 13.2 Å². The van der Waals surface area contributed by atoms with Gasteiger partial charge in [-0.25, -0.2) is 9.69 Å². The van der Waals surface area contributed by atoms with Gasteiger partial charge in [0.05, 0.1) is 25.9 Å². The number of ether oxygens (including phenoxy) is 4. The predicted octanol–water partition coefficient (Wildman–Crippen LogP) is 1.92. The quantitative estimate of drug-likeness (QED) is 0.574. The lowest BCUT2D eigenvalue weighted by atomic mass is 10.0. The monoisotopic (exact) mass is 445 g/mol. The summed E-state index contributed by atoms with van der Waals surface area (Å²) >= 11 is 0. The van der Waals surface area contributed by atoms with Gasteiger partial charge < -0.3 is 24.1 Å². The van der Waals surface area contributed by atoms with Crippen molar-refractivity contribution in [1.82, 2.24) is 4.90 Å². The minimum absolute atomic E-state index is 0.0658. The Morgan fingerprint density at radius 3 is 2.62 bits per heavy atom. The number of cyclic esters (lactones) is 1. The first-order chi connectivity index (χ1) is 15.5. The number of hydrogen-bond acceptors (Lipinski definition) is 8. The van der Waals surface area contributed by atoms with Gasteiger partial charge in [0.15, 0.2) is 18.0 Å². The van der Waals surface area contributed by atoms with Crippen LogP contribution in [-0.2, 0) is 28.5 Å². The Kier molecular flexibility index (Phi) is 8.15. The van der Waals surface area contributed by atoms with Crippen LogP contribution in [0, 0.1) is 0 Å². The van der Waals surface area contributed by atoms with E-state index < -0.39 is 42.1 Å². The van der Waals surface area contributed by atoms with Crippen LogP contribution in [-0.4, -0.2) is 73.0 Å². The Morgan fingerprint density at radius 2 is 1.94 bits per heavy atom. The van der Waals surface area contributed by atoms with Crippen LogP contribution in [0.4, 0.5) is 4.79 Å². The van der Waals surface area contributed by atoms with Crippen LogP contribution < -0.4 is 0 Å². The van der Waals surface area contributed by atoms with Gasteiger partial charge in [-0.1, -0.05) is 30.3 Å². The van der Waals surface area contributed by atoms with Gasteiger partial charge in [0.2, 0.25) is 0 Å². The molecule has 0 saturated carbocycles. The number of amides is 2. The van der Waals surface area contributed by atoms with E-state index in [1.165, 1.54) is 19.3 Å². The number of carbonyl (C=O) groups is 3. The number of hydrogen-bond donors (Lipinski definition) is 1. The molecule has 172 valence electrons. The molecule has 9 heteroatoms. The van der Waals surface area contributed by atoms with E-state index in [4.69, 9.17) is 24.1 Å². The van der Waals surface area contributed by atoms with Crippen molar-refractivity contribution in [3.63, 3.8) is 0 Å². The molecule has 2 amide bonds. The number of aliphatic hydroxyl groups excluding tert-OH is 1. The van der Waals surface area contributed by atoms with Crippen molar-refractivity contribution in [1.29, 1.82) is 0 Å². The summed E-state index contributed by atoms with van der Waals surface area (Å²) in [5.74, 6) is -0.766. The molecular weight excluding hydrogens is 418 g/mol. The minimum atomic E-state index is -1.33. The van der Waals surface area contributed by atoms with Crippen molar-refractivity contribution in [2.45, 2.75) is 37.7 Å². The number of nitrogens with zero attached hydrogens (tertiary/aromatic N) is 1. The van der Waals surface area contributed by atoms with Gasteiger partial charge in [-0.15, -0.1) is 0 Å². The lowest BCUT2D eigenvalue weighted by Crippen LogP contribution is -2.52. The SMILES string of the molecule is COC(C(=O)N1C(=O)OC(c2ccccc2)C1C)C1OC(=CCCOCCO)C=CC1=O. The normalized spacial score (nSPS) is 25.0. The van der Waals surface area contributed by atoms with Gasteiger partial charge >= 0.3 is 6.09 Å². The van der Waals surface area contributed by atoms with Crippen molar-refractivity contribution in [3.8, 4) is 0 Å². The molecule has 3 rings (SSSR count). The lowest BCUT2D eigenvalue weighted by molar-refractivity contribution is -0.153. The molecule has 1 saturated heterocycles. The van der Waals surface area contributed by atoms with Gasteiger partial charge in [-0.2, -0.15) is 0 Å². The summed E-state index contributed by atoms with van der Waals surface area (Å²) in [6.45, 7) is 2.23. The molecule has 0 bridgehead atoms. The first-order valence-corrected chi connectivity index (χ1v) is 10.4. The van der Waals surface area contributed by atoms with Crippen molar-refractivity contribution in [2.75, 3.05) is 26.9 Å². The zero-order chi connectivity index (χ0) is 23.1. The summed E-state index contributed by atoms with van der Waals surface area (Å²) in [7, 11) is 1.28. The fraction of sp³-hybridized carbons (Fsp3) is 0.435. The van der Waals surface area contributed by atoms with E-state index in [2.05, 4.69) is 0 Å². The summed E-state index contributed by atoms with van der Waals surface area (Å²) < 4.78 is 21.7. The second-order valence-corrected chi connectivity index (χ2v) is 7.33. The van der Waals surface area contributed by atoms with E-state index in [9.17, 15) is 14.4 Å². The van der Waals surface area contributed by atoms with Gasteiger partial charge in [0, 0.05) is 7.11 Å². The number of carbonyl (C=O) groups excluding carboxylic acids is 3. The molecule has 1 aromatic carbocycles. The third kappa shape index (κ3) is 5.24. The molecule has 0 aliphatic carbocycles. The number of ketones is 1. The molecule has 0 aromatic heterocycles. The Bertz CT molecular complexity index is 881. The van der Waals surface area contributed by atoms with Crippen LogP contribution in [0.5, 0.6) is 0 Å². The van der Waals surface area contributed by atoms with E-state index >= 15 is 0 Å². The van der Waals surface area contributed by atoms with Crippen LogP contribution in [0.2, 0.25) is 0 Å². The molecule has 1 fully saturated rings. The third-order valence-corrected chi connectivity index (χ3v) is 5.21. The summed E-state index contributed by atoms with van der Waals surface area (Å²) in [4.78, 5) is 39.2. The van der Waals surface area contributed by atoms with Crippen molar-refractivity contribution in [3.05, 3.63) is 59.9 Å². The number of methoxy groups -OCH3 is 1. The zero-order valence-electron chi connectivity index (χ0n) is 18.0. The summed E-state index contributed by atoms with van der Waals surface area (Å²) in [5.41, 5.74) is 0.763. The van der Waals surface area contributed by atoms with Crippen molar-refractivity contribution in [2.24, 2.45) is 0 Å². The van der Waals surface area contributed by atoms with Crippen molar-refractivity contribution < 1.29 is 38.4 Å². The molecular formula is C23H27NO8. The topological polar surface area (TPSA) is 112 Å². The number of benzene rings is 1. The molecule has 1 N–H and O–H groups in total. The number of imide groups is 1. The number of aliphatic hydroxyl groups is 1. The van der Waals surface area contributed by atoms with Gasteiger partial charge in [0.25, 0.3) is 5.91 Å². The Labute approximate surface area is 186 Å². The average molecular weight is 445 g/mol. The molecule has 4 unspecified atom stereocenters. The molecule has 4 atom stereocenters. The smallest absolute Gasteiger partial charge is 0.417 e. The van der Waals surface area contributed by atoms with E-state index in [1.54, 1.807) is 13.0 Å². The average Bonchev–Trinajstić information content (AvgIpc) is 3.10. The highest BCUT2D eigenvalue weighted by Crippen LogP contribution is 2.33. The minimum Gasteiger partial charge on any atom is -0.479 e. The highest BCUT2D eigenvalue weighted by atomic mass is 16.6. The van der Waals surface area contributed by atoms with Crippen LogP contribution in [0.3, 0.4) is 0 Å². The second-order valence-electron chi connectivity index (χ2n) is 7.33. The fourth-order valence-electron chi connectivity index (χ4n) is 3.62. The fourth-order valence-corrected chi connectivity index (χ4v) is 3.62. The summed E-state index contributed by atoms with van der Waals surface area (Å²) in [6, 6.07) is 8.52. The highest BCUT2D eigenvalue weighted by molar-refractivity contribution is 6.03. The maximum absolute atomic E-state index is 13.2. The molecule has 2 aliphatic rings. The lowest BCUT2D eigenvalue weighted by Gasteiger charge is -2.30.